The zero-order chi connectivity index (χ0) is 18.5. The first kappa shape index (κ1) is 18.0. The van der Waals surface area contributed by atoms with Gasteiger partial charge in [0.15, 0.2) is 0 Å². The summed E-state index contributed by atoms with van der Waals surface area (Å²) in [5.74, 6) is 0.296. The molecule has 1 aliphatic heterocycles. The summed E-state index contributed by atoms with van der Waals surface area (Å²) >= 11 is 0. The number of hydrogen-bond acceptors (Lipinski definition) is 7. The minimum absolute atomic E-state index is 0.0856. The molecule has 1 fully saturated rings. The predicted molar refractivity (Wildman–Crippen MR) is 92.4 cm³/mol. The highest BCUT2D eigenvalue weighted by molar-refractivity contribution is 5.79. The number of nitrogens with two attached hydrogens (primary N) is 1. The van der Waals surface area contributed by atoms with E-state index in [1.165, 1.54) is 0 Å². The number of aromatic nitrogens is 3. The minimum atomic E-state index is -0.399. The molecule has 0 aliphatic carbocycles. The van der Waals surface area contributed by atoms with Crippen molar-refractivity contribution in [3.63, 3.8) is 0 Å². The average Bonchev–Trinajstić information content (AvgIpc) is 3.13. The molecular weight excluding hydrogens is 336 g/mol. The van der Waals surface area contributed by atoms with Crippen LogP contribution in [0.25, 0.3) is 11.4 Å². The van der Waals surface area contributed by atoms with Gasteiger partial charge in [-0.1, -0.05) is 5.16 Å². The first-order chi connectivity index (χ1) is 12.5. The van der Waals surface area contributed by atoms with Crippen LogP contribution >= 0.6 is 0 Å². The molecule has 1 saturated heterocycles. The van der Waals surface area contributed by atoms with E-state index in [0.717, 1.165) is 5.56 Å². The Morgan fingerprint density at radius 3 is 2.85 bits per heavy atom. The van der Waals surface area contributed by atoms with Crippen molar-refractivity contribution in [3.8, 4) is 11.4 Å². The second-order valence-electron chi connectivity index (χ2n) is 6.44. The molecule has 9 nitrogen and oxygen atoms in total. The van der Waals surface area contributed by atoms with Gasteiger partial charge in [-0.25, -0.2) is 0 Å². The Bertz CT molecular complexity index is 755. The second-order valence-corrected chi connectivity index (χ2v) is 6.44. The van der Waals surface area contributed by atoms with E-state index in [0.29, 0.717) is 37.6 Å². The van der Waals surface area contributed by atoms with Crippen molar-refractivity contribution in [2.75, 3.05) is 19.6 Å². The highest BCUT2D eigenvalue weighted by Gasteiger charge is 2.25. The van der Waals surface area contributed by atoms with Gasteiger partial charge in [-0.3, -0.25) is 19.5 Å². The van der Waals surface area contributed by atoms with Gasteiger partial charge in [-0.2, -0.15) is 4.98 Å². The number of pyridine rings is 1. The van der Waals surface area contributed by atoms with Crippen molar-refractivity contribution in [2.45, 2.75) is 25.8 Å². The zero-order valence-corrected chi connectivity index (χ0v) is 14.6. The normalized spacial score (nSPS) is 17.0. The van der Waals surface area contributed by atoms with Crippen LogP contribution in [-0.2, 0) is 9.59 Å². The van der Waals surface area contributed by atoms with Crippen molar-refractivity contribution in [3.05, 3.63) is 30.4 Å². The molecule has 138 valence electrons. The number of carbonyl (C=O) groups excluding carboxylic acids is 2. The quantitative estimate of drug-likeness (QED) is 0.770. The summed E-state index contributed by atoms with van der Waals surface area (Å²) in [4.78, 5) is 33.8. The van der Waals surface area contributed by atoms with Gasteiger partial charge < -0.3 is 15.6 Å². The Balaban J connectivity index is 1.50. The van der Waals surface area contributed by atoms with Crippen LogP contribution in [0, 0.1) is 5.92 Å². The van der Waals surface area contributed by atoms with Crippen LogP contribution in [0.15, 0.2) is 29.0 Å². The van der Waals surface area contributed by atoms with E-state index >= 15 is 0 Å². The van der Waals surface area contributed by atoms with Crippen LogP contribution < -0.4 is 11.1 Å². The number of rotatable bonds is 6. The lowest BCUT2D eigenvalue weighted by Crippen LogP contribution is -2.44. The Hall–Kier alpha value is -2.81. The Morgan fingerprint density at radius 2 is 2.19 bits per heavy atom. The Morgan fingerprint density at radius 1 is 1.42 bits per heavy atom. The van der Waals surface area contributed by atoms with E-state index in [1.54, 1.807) is 25.4 Å². The number of primary amides is 1. The number of amides is 2. The molecule has 3 heterocycles. The lowest BCUT2D eigenvalue weighted by atomic mass is 9.96. The second kappa shape index (κ2) is 8.05. The monoisotopic (exact) mass is 358 g/mol. The Kier molecular flexibility index (Phi) is 5.57. The van der Waals surface area contributed by atoms with Crippen LogP contribution in [0.1, 0.15) is 31.7 Å². The summed E-state index contributed by atoms with van der Waals surface area (Å²) in [6.07, 6.45) is 4.69. The van der Waals surface area contributed by atoms with Crippen molar-refractivity contribution in [1.82, 2.24) is 25.3 Å². The highest BCUT2D eigenvalue weighted by atomic mass is 16.5. The third kappa shape index (κ3) is 4.42. The van der Waals surface area contributed by atoms with Gasteiger partial charge >= 0.3 is 0 Å². The maximum atomic E-state index is 12.2. The van der Waals surface area contributed by atoms with Crippen molar-refractivity contribution in [2.24, 2.45) is 11.7 Å². The maximum absolute atomic E-state index is 12.2. The molecule has 3 rings (SSSR count). The molecule has 0 spiro atoms. The summed E-state index contributed by atoms with van der Waals surface area (Å²) in [5, 5.41) is 6.78. The van der Waals surface area contributed by atoms with Gasteiger partial charge in [0.25, 0.3) is 0 Å². The van der Waals surface area contributed by atoms with E-state index in [9.17, 15) is 9.59 Å². The molecule has 1 atom stereocenters. The van der Waals surface area contributed by atoms with Gasteiger partial charge in [0, 0.05) is 23.9 Å². The van der Waals surface area contributed by atoms with Gasteiger partial charge in [0.1, 0.15) is 6.04 Å². The third-order valence-electron chi connectivity index (χ3n) is 4.47. The third-order valence-corrected chi connectivity index (χ3v) is 4.47. The molecule has 0 radical (unpaired) electrons. The molecule has 2 aromatic heterocycles. The fourth-order valence-corrected chi connectivity index (χ4v) is 2.95. The Labute approximate surface area is 151 Å². The molecule has 3 N–H and O–H groups in total. The maximum Gasteiger partial charge on any atom is 0.249 e. The molecule has 1 aliphatic rings. The summed E-state index contributed by atoms with van der Waals surface area (Å²) in [7, 11) is 0. The highest BCUT2D eigenvalue weighted by Crippen LogP contribution is 2.18. The van der Waals surface area contributed by atoms with E-state index in [4.69, 9.17) is 10.3 Å². The van der Waals surface area contributed by atoms with E-state index in [-0.39, 0.29) is 24.3 Å². The predicted octanol–water partition coefficient (Wildman–Crippen LogP) is 0.506. The number of likely N-dealkylation sites (tertiary alicyclic amines) is 1. The largest absolute Gasteiger partial charge is 0.369 e. The fourth-order valence-electron chi connectivity index (χ4n) is 2.95. The number of piperidine rings is 1. The number of nitrogens with one attached hydrogen (secondary N) is 1. The first-order valence-electron chi connectivity index (χ1n) is 8.58. The fraction of sp³-hybridized carbons (Fsp3) is 0.471. The summed E-state index contributed by atoms with van der Waals surface area (Å²) in [6, 6.07) is 3.22. The molecule has 0 bridgehead atoms. The molecule has 2 aromatic rings. The number of carbonyl (C=O) groups is 2. The van der Waals surface area contributed by atoms with Gasteiger partial charge in [-0.15, -0.1) is 0 Å². The molecule has 0 saturated carbocycles. The summed E-state index contributed by atoms with van der Waals surface area (Å²) in [5.41, 5.74) is 6.07. The van der Waals surface area contributed by atoms with E-state index in [1.807, 2.05) is 11.0 Å². The molecule has 2 amide bonds. The zero-order valence-electron chi connectivity index (χ0n) is 14.6. The topological polar surface area (TPSA) is 127 Å². The van der Waals surface area contributed by atoms with Crippen LogP contribution in [0.3, 0.4) is 0 Å². The van der Waals surface area contributed by atoms with Gasteiger partial charge in [-0.05, 0) is 45.0 Å². The molecule has 0 aromatic carbocycles. The molecular formula is C17H22N6O3. The number of hydrogen-bond donors (Lipinski definition) is 2. The summed E-state index contributed by atoms with van der Waals surface area (Å²) in [6.45, 7) is 3.42. The average molecular weight is 358 g/mol. The lowest BCUT2D eigenvalue weighted by molar-refractivity contribution is -0.124. The van der Waals surface area contributed by atoms with Gasteiger partial charge in [0.05, 0.1) is 6.54 Å². The number of nitrogens with zero attached hydrogens (tertiary/aromatic N) is 4. The van der Waals surface area contributed by atoms with Crippen LogP contribution in [0.2, 0.25) is 0 Å². The molecule has 9 heteroatoms. The first-order valence-corrected chi connectivity index (χ1v) is 8.58. The van der Waals surface area contributed by atoms with Crippen LogP contribution in [0.5, 0.6) is 0 Å². The van der Waals surface area contributed by atoms with Crippen molar-refractivity contribution < 1.29 is 14.1 Å². The minimum Gasteiger partial charge on any atom is -0.369 e. The molecule has 0 unspecified atom stereocenters. The summed E-state index contributed by atoms with van der Waals surface area (Å²) < 4.78 is 5.24. The SMILES string of the molecule is C[C@@H](NC(=O)CN1CCC(C(N)=O)CC1)c1nc(-c2cccnc2)no1. The standard InChI is InChI=1S/C17H22N6O3/c1-11(17-21-16(22-26-17)13-3-2-6-19-9-13)20-14(24)10-23-7-4-12(5-8-23)15(18)25/h2-3,6,9,11-12H,4-5,7-8,10H2,1H3,(H2,18,25)(H,20,24)/t11-/m1/s1. The van der Waals surface area contributed by atoms with E-state index < -0.39 is 6.04 Å². The van der Waals surface area contributed by atoms with Crippen LogP contribution in [0.4, 0.5) is 0 Å². The van der Waals surface area contributed by atoms with Crippen molar-refractivity contribution in [1.29, 1.82) is 0 Å². The smallest absolute Gasteiger partial charge is 0.249 e. The van der Waals surface area contributed by atoms with Crippen LogP contribution in [-0.4, -0.2) is 51.5 Å². The lowest BCUT2D eigenvalue weighted by Gasteiger charge is -2.30. The van der Waals surface area contributed by atoms with E-state index in [2.05, 4.69) is 20.4 Å². The van der Waals surface area contributed by atoms with Gasteiger partial charge in [0.2, 0.25) is 23.5 Å². The molecule has 26 heavy (non-hydrogen) atoms. The van der Waals surface area contributed by atoms with Crippen molar-refractivity contribution >= 4 is 11.8 Å².